The lowest BCUT2D eigenvalue weighted by molar-refractivity contribution is -0.185. The van der Waals surface area contributed by atoms with Crippen molar-refractivity contribution in [2.75, 3.05) is 13.2 Å². The molecule has 0 aromatic rings. The summed E-state index contributed by atoms with van der Waals surface area (Å²) in [4.78, 5) is 0. The smallest absolute Gasteiger partial charge is 0.168 e. The first kappa shape index (κ1) is 19.5. The summed E-state index contributed by atoms with van der Waals surface area (Å²) < 4.78 is 39.5. The Morgan fingerprint density at radius 1 is 0.750 bits per heavy atom. The van der Waals surface area contributed by atoms with E-state index in [2.05, 4.69) is 6.08 Å². The summed E-state index contributed by atoms with van der Waals surface area (Å²) >= 11 is 0. The fourth-order valence-corrected chi connectivity index (χ4v) is 7.18. The highest BCUT2D eigenvalue weighted by molar-refractivity contribution is 5.16. The van der Waals surface area contributed by atoms with Gasteiger partial charge in [0, 0.05) is 19.3 Å². The van der Waals surface area contributed by atoms with E-state index < -0.39 is 12.3 Å². The summed E-state index contributed by atoms with van der Waals surface area (Å²) in [7, 11) is 0. The number of ether oxygens (including phenoxy) is 2. The molecule has 0 aromatic carbocycles. The first-order chi connectivity index (χ1) is 13.6. The van der Waals surface area contributed by atoms with Crippen molar-refractivity contribution < 1.29 is 18.3 Å². The van der Waals surface area contributed by atoms with Gasteiger partial charge < -0.3 is 9.47 Å². The Morgan fingerprint density at radius 2 is 1.46 bits per heavy atom. The molecule has 1 spiro atoms. The molecule has 4 aliphatic carbocycles. The van der Waals surface area contributed by atoms with Crippen molar-refractivity contribution in [3.63, 3.8) is 0 Å². The SMILES string of the molecule is FC1CC(F)CC(C2=CC3CCC(C4CCC5(CC4)OCCO5)CC3CC2)C1. The zero-order valence-electron chi connectivity index (χ0n) is 17.1. The lowest BCUT2D eigenvalue weighted by atomic mass is 9.62. The van der Waals surface area contributed by atoms with Crippen LogP contribution in [0.25, 0.3) is 0 Å². The van der Waals surface area contributed by atoms with Gasteiger partial charge in [0.15, 0.2) is 5.79 Å². The Hall–Kier alpha value is -0.480. The first-order valence-electron chi connectivity index (χ1n) is 11.9. The average molecular weight is 395 g/mol. The number of hydrogen-bond acceptors (Lipinski definition) is 2. The number of hydrogen-bond donors (Lipinski definition) is 0. The van der Waals surface area contributed by atoms with E-state index in [9.17, 15) is 8.78 Å². The van der Waals surface area contributed by atoms with Crippen molar-refractivity contribution in [2.24, 2.45) is 29.6 Å². The Kier molecular flexibility index (Phi) is 5.55. The van der Waals surface area contributed by atoms with E-state index in [4.69, 9.17) is 9.47 Å². The monoisotopic (exact) mass is 394 g/mol. The van der Waals surface area contributed by atoms with E-state index in [-0.39, 0.29) is 18.1 Å². The van der Waals surface area contributed by atoms with Gasteiger partial charge in [-0.15, -0.1) is 0 Å². The number of halogens is 2. The molecule has 5 rings (SSSR count). The molecule has 4 heteroatoms. The zero-order chi connectivity index (χ0) is 19.1. The molecule has 3 saturated carbocycles. The molecular weight excluding hydrogens is 358 g/mol. The first-order valence-corrected chi connectivity index (χ1v) is 11.9. The highest BCUT2D eigenvalue weighted by atomic mass is 19.1. The molecule has 0 N–H and O–H groups in total. The van der Waals surface area contributed by atoms with E-state index in [1.54, 1.807) is 0 Å². The molecule has 0 amide bonds. The lowest BCUT2D eigenvalue weighted by Crippen LogP contribution is -2.39. The average Bonchev–Trinajstić information content (AvgIpc) is 3.15. The predicted molar refractivity (Wildman–Crippen MR) is 105 cm³/mol. The minimum atomic E-state index is -0.939. The van der Waals surface area contributed by atoms with Gasteiger partial charge in [-0.3, -0.25) is 0 Å². The fourth-order valence-electron chi connectivity index (χ4n) is 7.18. The van der Waals surface area contributed by atoms with Crippen LogP contribution in [-0.2, 0) is 9.47 Å². The molecule has 0 bridgehead atoms. The maximum Gasteiger partial charge on any atom is 0.168 e. The minimum absolute atomic E-state index is 0.121. The third-order valence-electron chi connectivity index (χ3n) is 8.70. The van der Waals surface area contributed by atoms with Gasteiger partial charge in [0.1, 0.15) is 12.3 Å². The van der Waals surface area contributed by atoms with E-state index in [0.29, 0.717) is 18.8 Å². The van der Waals surface area contributed by atoms with Crippen LogP contribution in [0.5, 0.6) is 0 Å². The lowest BCUT2D eigenvalue weighted by Gasteiger charge is -2.45. The second-order valence-electron chi connectivity index (χ2n) is 10.3. The predicted octanol–water partition coefficient (Wildman–Crippen LogP) is 6.15. The molecule has 158 valence electrons. The zero-order valence-corrected chi connectivity index (χ0v) is 17.1. The van der Waals surface area contributed by atoms with Crippen LogP contribution in [0.2, 0.25) is 0 Å². The van der Waals surface area contributed by atoms with Crippen LogP contribution >= 0.6 is 0 Å². The van der Waals surface area contributed by atoms with Gasteiger partial charge in [0.25, 0.3) is 0 Å². The Labute approximate surface area is 168 Å². The van der Waals surface area contributed by atoms with E-state index in [0.717, 1.165) is 50.2 Å². The molecule has 2 nitrogen and oxygen atoms in total. The van der Waals surface area contributed by atoms with Crippen LogP contribution in [0.4, 0.5) is 8.78 Å². The van der Waals surface area contributed by atoms with Gasteiger partial charge in [-0.2, -0.15) is 0 Å². The van der Waals surface area contributed by atoms with Gasteiger partial charge in [0.05, 0.1) is 13.2 Å². The van der Waals surface area contributed by atoms with Crippen LogP contribution in [0.15, 0.2) is 11.6 Å². The molecular formula is C24H36F2O2. The van der Waals surface area contributed by atoms with Crippen molar-refractivity contribution in [3.8, 4) is 0 Å². The summed E-state index contributed by atoms with van der Waals surface area (Å²) in [6.45, 7) is 1.53. The van der Waals surface area contributed by atoms with Gasteiger partial charge in [-0.1, -0.05) is 11.6 Å². The highest BCUT2D eigenvalue weighted by Crippen LogP contribution is 2.50. The van der Waals surface area contributed by atoms with Crippen molar-refractivity contribution in [3.05, 3.63) is 11.6 Å². The van der Waals surface area contributed by atoms with Crippen LogP contribution in [0.3, 0.4) is 0 Å². The van der Waals surface area contributed by atoms with Crippen molar-refractivity contribution in [1.82, 2.24) is 0 Å². The summed E-state index contributed by atoms with van der Waals surface area (Å²) in [6, 6.07) is 0. The summed E-state index contributed by atoms with van der Waals surface area (Å²) in [6.07, 6.45) is 12.7. The molecule has 0 aromatic heterocycles. The van der Waals surface area contributed by atoms with Crippen LogP contribution in [0, 0.1) is 29.6 Å². The normalized spacial score (nSPS) is 44.3. The van der Waals surface area contributed by atoms with Crippen molar-refractivity contribution in [2.45, 2.75) is 95.2 Å². The summed E-state index contributed by atoms with van der Waals surface area (Å²) in [5.74, 6) is 3.08. The Morgan fingerprint density at radius 3 is 2.18 bits per heavy atom. The molecule has 28 heavy (non-hydrogen) atoms. The van der Waals surface area contributed by atoms with Gasteiger partial charge in [-0.25, -0.2) is 8.78 Å². The van der Waals surface area contributed by atoms with Crippen molar-refractivity contribution in [1.29, 1.82) is 0 Å². The van der Waals surface area contributed by atoms with Gasteiger partial charge in [-0.05, 0) is 87.4 Å². The third-order valence-corrected chi connectivity index (χ3v) is 8.70. The maximum absolute atomic E-state index is 13.9. The van der Waals surface area contributed by atoms with Crippen molar-refractivity contribution >= 4 is 0 Å². The van der Waals surface area contributed by atoms with Crippen LogP contribution in [0.1, 0.15) is 77.0 Å². The highest BCUT2D eigenvalue weighted by Gasteiger charge is 2.44. The molecule has 5 aliphatic rings. The molecule has 1 heterocycles. The standard InChI is InChI=1S/C24H36F2O2/c25-22-13-21(14-23(26)15-22)20-4-3-18-11-17(1-2-19(18)12-20)16-5-7-24(8-6-16)27-9-10-28-24/h12,16-19,21-23H,1-11,13-15H2. The Balaban J connectivity index is 1.17. The largest absolute Gasteiger partial charge is 0.348 e. The number of fused-ring (bicyclic) bond motifs is 1. The van der Waals surface area contributed by atoms with Gasteiger partial charge in [0.2, 0.25) is 0 Å². The van der Waals surface area contributed by atoms with Crippen LogP contribution < -0.4 is 0 Å². The second kappa shape index (κ2) is 7.98. The second-order valence-corrected chi connectivity index (χ2v) is 10.3. The topological polar surface area (TPSA) is 18.5 Å². The van der Waals surface area contributed by atoms with E-state index in [1.165, 1.54) is 44.1 Å². The summed E-state index contributed by atoms with van der Waals surface area (Å²) in [5, 5.41) is 0. The van der Waals surface area contributed by atoms with E-state index >= 15 is 0 Å². The quantitative estimate of drug-likeness (QED) is 0.523. The van der Waals surface area contributed by atoms with E-state index in [1.807, 2.05) is 0 Å². The Bertz CT molecular complexity index is 565. The molecule has 1 saturated heterocycles. The third kappa shape index (κ3) is 3.93. The van der Waals surface area contributed by atoms with Crippen LogP contribution in [-0.4, -0.2) is 31.3 Å². The molecule has 4 fully saturated rings. The number of rotatable bonds is 2. The summed E-state index contributed by atoms with van der Waals surface area (Å²) in [5.41, 5.74) is 1.39. The van der Waals surface area contributed by atoms with Gasteiger partial charge >= 0.3 is 0 Å². The fraction of sp³-hybridized carbons (Fsp3) is 0.917. The molecule has 5 unspecified atom stereocenters. The maximum atomic E-state index is 13.9. The minimum Gasteiger partial charge on any atom is -0.348 e. The molecule has 0 radical (unpaired) electrons. The number of allylic oxidation sites excluding steroid dienone is 2. The number of alkyl halides is 2. The molecule has 1 aliphatic heterocycles. The molecule has 5 atom stereocenters.